The Kier molecular flexibility index (Phi) is 7.25. The Hall–Kier alpha value is -4.51. The maximum absolute atomic E-state index is 14.6. The van der Waals surface area contributed by atoms with E-state index in [0.717, 1.165) is 43.5 Å². The quantitative estimate of drug-likeness (QED) is 0.302. The minimum Gasteiger partial charge on any atom is -0.461 e. The molecule has 14 nitrogen and oxygen atoms in total. The van der Waals surface area contributed by atoms with Gasteiger partial charge in [-0.25, -0.2) is 4.39 Å². The van der Waals surface area contributed by atoms with Gasteiger partial charge in [0.2, 0.25) is 11.7 Å². The van der Waals surface area contributed by atoms with Crippen molar-refractivity contribution in [3.8, 4) is 29.7 Å². The molecule has 17 heteroatoms. The third-order valence-electron chi connectivity index (χ3n) is 11.1. The van der Waals surface area contributed by atoms with Gasteiger partial charge in [0.05, 0.1) is 28.4 Å². The first-order valence-corrected chi connectivity index (χ1v) is 18.1. The Morgan fingerprint density at radius 1 is 1.08 bits per heavy atom. The Bertz CT molecular complexity index is 2110. The van der Waals surface area contributed by atoms with Crippen molar-refractivity contribution in [1.82, 2.24) is 34.8 Å². The SMILES string of the molecule is Cc1nc(-c2nn3c(c2Cl)CN(c2nc(OC[C@@]45CCCN4C[C@H](F)C5)nc(N4CC5(CCc6sc(N)c(C#N)c65)C4)c2C#N)CCC3)no1. The van der Waals surface area contributed by atoms with Crippen molar-refractivity contribution in [2.75, 3.05) is 54.9 Å². The van der Waals surface area contributed by atoms with Gasteiger partial charge < -0.3 is 24.8 Å². The molecule has 2 N–H and O–H groups in total. The summed E-state index contributed by atoms with van der Waals surface area (Å²) in [7, 11) is 0. The van der Waals surface area contributed by atoms with Gasteiger partial charge in [-0.3, -0.25) is 9.58 Å². The number of ether oxygens (including phenoxy) is 1. The van der Waals surface area contributed by atoms with Crippen LogP contribution in [-0.4, -0.2) is 85.8 Å². The summed E-state index contributed by atoms with van der Waals surface area (Å²) in [4.78, 5) is 21.6. The van der Waals surface area contributed by atoms with E-state index in [2.05, 4.69) is 32.1 Å². The maximum atomic E-state index is 14.6. The zero-order valence-electron chi connectivity index (χ0n) is 27.5. The lowest BCUT2D eigenvalue weighted by molar-refractivity contribution is 0.107. The molecular weight excluding hydrogens is 683 g/mol. The van der Waals surface area contributed by atoms with Crippen molar-refractivity contribution in [3.63, 3.8) is 0 Å². The molecule has 1 spiro atoms. The van der Waals surface area contributed by atoms with Crippen molar-refractivity contribution in [2.24, 2.45) is 0 Å². The van der Waals surface area contributed by atoms with E-state index < -0.39 is 11.7 Å². The zero-order valence-corrected chi connectivity index (χ0v) is 29.0. The molecule has 0 unspecified atom stereocenters. The summed E-state index contributed by atoms with van der Waals surface area (Å²) in [6.45, 7) is 5.89. The van der Waals surface area contributed by atoms with Crippen LogP contribution >= 0.6 is 22.9 Å². The van der Waals surface area contributed by atoms with Gasteiger partial charge in [-0.1, -0.05) is 16.8 Å². The number of rotatable bonds is 6. The first-order chi connectivity index (χ1) is 24.2. The molecule has 5 aliphatic rings. The molecular formula is C33H34ClFN12O2S. The summed E-state index contributed by atoms with van der Waals surface area (Å²) in [5.74, 6) is 1.65. The highest BCUT2D eigenvalue weighted by Crippen LogP contribution is 2.53. The van der Waals surface area contributed by atoms with Crippen LogP contribution in [-0.2, 0) is 24.9 Å². The number of nitrogens with zero attached hydrogens (tertiary/aromatic N) is 11. The van der Waals surface area contributed by atoms with E-state index in [4.69, 9.17) is 41.7 Å². The number of nitrogen functional groups attached to an aromatic ring is 1. The molecule has 0 amide bonds. The molecule has 3 saturated heterocycles. The summed E-state index contributed by atoms with van der Waals surface area (Å²) < 4.78 is 28.1. The number of fused-ring (bicyclic) bond motifs is 4. The molecule has 4 aromatic heterocycles. The molecule has 8 heterocycles. The van der Waals surface area contributed by atoms with E-state index in [1.165, 1.54) is 16.2 Å². The predicted molar refractivity (Wildman–Crippen MR) is 182 cm³/mol. The molecule has 1 aliphatic carbocycles. The number of halogens is 2. The summed E-state index contributed by atoms with van der Waals surface area (Å²) in [6.07, 6.45) is 3.85. The van der Waals surface area contributed by atoms with Gasteiger partial charge in [0.25, 0.3) is 0 Å². The van der Waals surface area contributed by atoms with Crippen LogP contribution in [0, 0.1) is 29.6 Å². The van der Waals surface area contributed by atoms with Crippen molar-refractivity contribution in [3.05, 3.63) is 38.2 Å². The number of nitriles is 2. The summed E-state index contributed by atoms with van der Waals surface area (Å²) in [6, 6.07) is 4.90. The van der Waals surface area contributed by atoms with E-state index in [1.54, 1.807) is 6.92 Å². The maximum Gasteiger partial charge on any atom is 0.320 e. The summed E-state index contributed by atoms with van der Waals surface area (Å²) >= 11 is 8.43. The number of hydrogen-bond donors (Lipinski definition) is 1. The predicted octanol–water partition coefficient (Wildman–Crippen LogP) is 4.14. The average molecular weight is 717 g/mol. The number of aryl methyl sites for hydroxylation is 3. The van der Waals surface area contributed by atoms with E-state index in [-0.39, 0.29) is 18.0 Å². The number of alkyl halides is 1. The minimum absolute atomic E-state index is 0.148. The normalized spacial score (nSPS) is 23.7. The fraction of sp³-hybridized carbons (Fsp3) is 0.545. The van der Waals surface area contributed by atoms with Crippen LogP contribution in [0.15, 0.2) is 4.52 Å². The molecule has 3 fully saturated rings. The second-order valence-electron chi connectivity index (χ2n) is 14.1. The van der Waals surface area contributed by atoms with Gasteiger partial charge in [0, 0.05) is 56.4 Å². The third-order valence-corrected chi connectivity index (χ3v) is 12.6. The van der Waals surface area contributed by atoms with Crippen LogP contribution in [0.2, 0.25) is 5.02 Å². The molecule has 4 aliphatic heterocycles. The standard InChI is InChI=1S/C33H34ClFN12O2S/c1-18-39-28(43-49-18)26-25(34)22-14-44(7-3-9-47(22)42-26)29-21(12-37)30(41-31(40-29)48-17-33-5-2-8-46(33)13-19(35)10-33)45-15-32(16-45)6-4-23-24(32)20(11-36)27(38)50-23/h19H,2-10,13-17,38H2,1H3/t19-,33+/m1/s1. The Labute approximate surface area is 296 Å². The van der Waals surface area contributed by atoms with Crippen molar-refractivity contribution in [1.29, 1.82) is 10.5 Å². The lowest BCUT2D eigenvalue weighted by Crippen LogP contribution is -2.59. The van der Waals surface area contributed by atoms with Crippen LogP contribution < -0.4 is 20.3 Å². The van der Waals surface area contributed by atoms with Crippen LogP contribution in [0.25, 0.3) is 11.5 Å². The van der Waals surface area contributed by atoms with Crippen LogP contribution in [0.4, 0.5) is 21.0 Å². The highest BCUT2D eigenvalue weighted by atomic mass is 35.5. The molecule has 9 rings (SSSR count). The van der Waals surface area contributed by atoms with Gasteiger partial charge in [-0.05, 0) is 44.2 Å². The molecule has 0 saturated carbocycles. The zero-order chi connectivity index (χ0) is 34.4. The van der Waals surface area contributed by atoms with Crippen molar-refractivity contribution < 1.29 is 13.7 Å². The van der Waals surface area contributed by atoms with E-state index in [0.29, 0.717) is 102 Å². The van der Waals surface area contributed by atoms with Crippen LogP contribution in [0.3, 0.4) is 0 Å². The minimum atomic E-state index is -0.891. The summed E-state index contributed by atoms with van der Waals surface area (Å²) in [5, 5.41) is 30.4. The van der Waals surface area contributed by atoms with Crippen molar-refractivity contribution in [2.45, 2.75) is 75.7 Å². The van der Waals surface area contributed by atoms with E-state index >= 15 is 0 Å². The summed E-state index contributed by atoms with van der Waals surface area (Å²) in [5.41, 5.74) is 8.75. The molecule has 0 bridgehead atoms. The van der Waals surface area contributed by atoms with Gasteiger partial charge in [0.15, 0.2) is 17.3 Å². The molecule has 0 aromatic carbocycles. The lowest BCUT2D eigenvalue weighted by atomic mass is 9.74. The number of aromatic nitrogens is 6. The number of nitrogens with two attached hydrogens (primary N) is 1. The van der Waals surface area contributed by atoms with Gasteiger partial charge in [0.1, 0.15) is 35.5 Å². The van der Waals surface area contributed by atoms with Crippen LogP contribution in [0.1, 0.15) is 65.3 Å². The van der Waals surface area contributed by atoms with Crippen LogP contribution in [0.5, 0.6) is 6.01 Å². The molecule has 258 valence electrons. The molecule has 0 radical (unpaired) electrons. The fourth-order valence-corrected chi connectivity index (χ4v) is 10.3. The topological polar surface area (TPSA) is 175 Å². The Morgan fingerprint density at radius 3 is 2.64 bits per heavy atom. The first-order valence-electron chi connectivity index (χ1n) is 16.9. The molecule has 2 atom stereocenters. The van der Waals surface area contributed by atoms with E-state index in [9.17, 15) is 14.9 Å². The van der Waals surface area contributed by atoms with E-state index in [1.807, 2.05) is 9.58 Å². The highest BCUT2D eigenvalue weighted by molar-refractivity contribution is 7.16. The van der Waals surface area contributed by atoms with Gasteiger partial charge in [-0.2, -0.15) is 30.6 Å². The molecule has 4 aromatic rings. The molecule has 50 heavy (non-hydrogen) atoms. The number of anilines is 3. The lowest BCUT2D eigenvalue weighted by Gasteiger charge is -2.49. The van der Waals surface area contributed by atoms with Gasteiger partial charge in [-0.15, -0.1) is 11.3 Å². The number of thiophene rings is 1. The van der Waals surface area contributed by atoms with Gasteiger partial charge >= 0.3 is 6.01 Å². The third kappa shape index (κ3) is 4.76. The average Bonchev–Trinajstić information content (AvgIpc) is 3.90. The Balaban J connectivity index is 1.08. The monoisotopic (exact) mass is 716 g/mol. The largest absolute Gasteiger partial charge is 0.461 e. The van der Waals surface area contributed by atoms with Crippen molar-refractivity contribution >= 4 is 39.6 Å². The highest BCUT2D eigenvalue weighted by Gasteiger charge is 2.53. The smallest absolute Gasteiger partial charge is 0.320 e. The second-order valence-corrected chi connectivity index (χ2v) is 15.7. The first kappa shape index (κ1) is 31.5. The Morgan fingerprint density at radius 2 is 1.88 bits per heavy atom. The second kappa shape index (κ2) is 11.5. The number of hydrogen-bond acceptors (Lipinski definition) is 14. The fourth-order valence-electron chi connectivity index (χ4n) is 8.86.